The standard InChI is InChI=1S/C18H26N4O3/c1-13(23)11-22-12-18(5-4-15(22)24)6-9-21(10-7-18)17-14(16(19)25)3-2-8-20-17/h2-3,8,13,23H,4-7,9-12H2,1H3,(H2,19,25)/t13-/m1/s1. The largest absolute Gasteiger partial charge is 0.392 e. The molecule has 25 heavy (non-hydrogen) atoms. The Morgan fingerprint density at radius 3 is 2.76 bits per heavy atom. The summed E-state index contributed by atoms with van der Waals surface area (Å²) in [7, 11) is 0. The molecule has 7 heteroatoms. The van der Waals surface area contributed by atoms with Crippen molar-refractivity contribution in [3.8, 4) is 0 Å². The van der Waals surface area contributed by atoms with Crippen LogP contribution in [0.4, 0.5) is 5.82 Å². The van der Waals surface area contributed by atoms with E-state index in [1.54, 1.807) is 30.2 Å². The van der Waals surface area contributed by atoms with Crippen LogP contribution in [-0.4, -0.2) is 59.1 Å². The van der Waals surface area contributed by atoms with E-state index in [0.717, 1.165) is 32.4 Å². The molecule has 0 bridgehead atoms. The number of carbonyl (C=O) groups is 2. The number of β-amino-alcohol motifs (C(OH)–C–C–N with tert-alkyl or cyclic N) is 1. The van der Waals surface area contributed by atoms with Gasteiger partial charge in [-0.2, -0.15) is 0 Å². The number of nitrogens with two attached hydrogens (primary N) is 1. The minimum Gasteiger partial charge on any atom is -0.392 e. The maximum absolute atomic E-state index is 12.1. The summed E-state index contributed by atoms with van der Waals surface area (Å²) in [6, 6.07) is 3.43. The van der Waals surface area contributed by atoms with Gasteiger partial charge in [0, 0.05) is 38.8 Å². The van der Waals surface area contributed by atoms with Gasteiger partial charge in [-0.25, -0.2) is 4.98 Å². The Balaban J connectivity index is 1.69. The van der Waals surface area contributed by atoms with Crippen LogP contribution in [0.15, 0.2) is 18.3 Å². The summed E-state index contributed by atoms with van der Waals surface area (Å²) >= 11 is 0. The topological polar surface area (TPSA) is 99.8 Å². The molecule has 0 unspecified atom stereocenters. The molecule has 136 valence electrons. The highest BCUT2D eigenvalue weighted by atomic mass is 16.3. The molecule has 0 radical (unpaired) electrons. The monoisotopic (exact) mass is 346 g/mol. The Hall–Kier alpha value is -2.15. The Morgan fingerprint density at radius 2 is 2.12 bits per heavy atom. The van der Waals surface area contributed by atoms with Crippen molar-refractivity contribution in [2.75, 3.05) is 31.1 Å². The first-order valence-electron chi connectivity index (χ1n) is 8.86. The molecular formula is C18H26N4O3. The van der Waals surface area contributed by atoms with E-state index in [1.165, 1.54) is 0 Å². The maximum Gasteiger partial charge on any atom is 0.252 e. The van der Waals surface area contributed by atoms with Gasteiger partial charge in [-0.1, -0.05) is 0 Å². The number of amides is 2. The van der Waals surface area contributed by atoms with Crippen molar-refractivity contribution in [1.29, 1.82) is 0 Å². The molecule has 0 aliphatic carbocycles. The van der Waals surface area contributed by atoms with Crippen LogP contribution < -0.4 is 10.6 Å². The molecule has 3 heterocycles. The molecule has 2 saturated heterocycles. The van der Waals surface area contributed by atoms with Gasteiger partial charge in [0.2, 0.25) is 5.91 Å². The second-order valence-electron chi connectivity index (χ2n) is 7.35. The minimum absolute atomic E-state index is 0.0982. The summed E-state index contributed by atoms with van der Waals surface area (Å²) in [5.41, 5.74) is 6.01. The normalized spacial score (nSPS) is 21.4. The Labute approximate surface area is 147 Å². The van der Waals surface area contributed by atoms with Crippen LogP contribution in [0.3, 0.4) is 0 Å². The molecule has 3 N–H and O–H groups in total. The van der Waals surface area contributed by atoms with Gasteiger partial charge in [-0.3, -0.25) is 9.59 Å². The average Bonchev–Trinajstić information content (AvgIpc) is 2.59. The number of hydrogen-bond donors (Lipinski definition) is 2. The van der Waals surface area contributed by atoms with Crippen LogP contribution in [0.2, 0.25) is 0 Å². The number of primary amides is 1. The zero-order chi connectivity index (χ0) is 18.0. The first-order chi connectivity index (χ1) is 11.9. The van der Waals surface area contributed by atoms with Gasteiger partial charge in [0.05, 0.1) is 11.7 Å². The molecule has 2 fully saturated rings. The van der Waals surface area contributed by atoms with Crippen LogP contribution >= 0.6 is 0 Å². The molecule has 7 nitrogen and oxygen atoms in total. The SMILES string of the molecule is C[C@@H](O)CN1CC2(CCC1=O)CCN(c1ncccc1C(N)=O)CC2. The van der Waals surface area contributed by atoms with Crippen molar-refractivity contribution in [2.24, 2.45) is 11.1 Å². The van der Waals surface area contributed by atoms with E-state index in [9.17, 15) is 14.7 Å². The van der Waals surface area contributed by atoms with E-state index in [2.05, 4.69) is 9.88 Å². The quantitative estimate of drug-likeness (QED) is 0.839. The molecule has 2 aliphatic heterocycles. The lowest BCUT2D eigenvalue weighted by atomic mass is 9.72. The van der Waals surface area contributed by atoms with Gasteiger partial charge in [0.15, 0.2) is 0 Å². The average molecular weight is 346 g/mol. The van der Waals surface area contributed by atoms with Crippen LogP contribution in [0.25, 0.3) is 0 Å². The molecule has 0 saturated carbocycles. The number of anilines is 1. The number of rotatable bonds is 4. The predicted molar refractivity (Wildman–Crippen MR) is 94.1 cm³/mol. The van der Waals surface area contributed by atoms with Crippen molar-refractivity contribution in [3.63, 3.8) is 0 Å². The molecule has 2 aliphatic rings. The number of hydrogen-bond acceptors (Lipinski definition) is 5. The first-order valence-corrected chi connectivity index (χ1v) is 8.86. The summed E-state index contributed by atoms with van der Waals surface area (Å²) in [5, 5.41) is 9.63. The molecule has 2 amide bonds. The summed E-state index contributed by atoms with van der Waals surface area (Å²) in [4.78, 5) is 32.0. The predicted octanol–water partition coefficient (Wildman–Crippen LogP) is 0.770. The number of pyridine rings is 1. The van der Waals surface area contributed by atoms with Gasteiger partial charge in [0.1, 0.15) is 5.82 Å². The summed E-state index contributed by atoms with van der Waals surface area (Å²) in [6.45, 7) is 4.39. The van der Waals surface area contributed by atoms with E-state index >= 15 is 0 Å². The lowest BCUT2D eigenvalue weighted by Gasteiger charge is -2.48. The lowest BCUT2D eigenvalue weighted by molar-refractivity contribution is -0.139. The minimum atomic E-state index is -0.508. The lowest BCUT2D eigenvalue weighted by Crippen LogP contribution is -2.53. The molecule has 1 atom stereocenters. The Kier molecular flexibility index (Phi) is 4.94. The van der Waals surface area contributed by atoms with Crippen molar-refractivity contribution in [1.82, 2.24) is 9.88 Å². The molecule has 0 aromatic carbocycles. The molecular weight excluding hydrogens is 320 g/mol. The van der Waals surface area contributed by atoms with Crippen molar-refractivity contribution in [2.45, 2.75) is 38.7 Å². The zero-order valence-electron chi connectivity index (χ0n) is 14.6. The van der Waals surface area contributed by atoms with Gasteiger partial charge in [0.25, 0.3) is 5.91 Å². The number of likely N-dealkylation sites (tertiary alicyclic amines) is 1. The fraction of sp³-hybridized carbons (Fsp3) is 0.611. The van der Waals surface area contributed by atoms with Gasteiger partial charge in [-0.05, 0) is 43.7 Å². The highest BCUT2D eigenvalue weighted by Crippen LogP contribution is 2.41. The number of aromatic nitrogens is 1. The molecule has 1 spiro atoms. The Morgan fingerprint density at radius 1 is 1.40 bits per heavy atom. The van der Waals surface area contributed by atoms with Crippen molar-refractivity contribution >= 4 is 17.6 Å². The highest BCUT2D eigenvalue weighted by Gasteiger charge is 2.41. The van der Waals surface area contributed by atoms with Gasteiger partial charge >= 0.3 is 0 Å². The maximum atomic E-state index is 12.1. The van der Waals surface area contributed by atoms with E-state index in [1.807, 2.05) is 0 Å². The fourth-order valence-corrected chi connectivity index (χ4v) is 4.03. The number of carbonyl (C=O) groups excluding carboxylic acids is 2. The third kappa shape index (κ3) is 3.76. The van der Waals surface area contributed by atoms with Crippen LogP contribution in [0, 0.1) is 5.41 Å². The third-order valence-corrected chi connectivity index (χ3v) is 5.41. The summed E-state index contributed by atoms with van der Waals surface area (Å²) < 4.78 is 0. The summed E-state index contributed by atoms with van der Waals surface area (Å²) in [6.07, 6.45) is 4.47. The van der Waals surface area contributed by atoms with Crippen LogP contribution in [-0.2, 0) is 4.79 Å². The van der Waals surface area contributed by atoms with E-state index in [4.69, 9.17) is 5.73 Å². The van der Waals surface area contributed by atoms with Crippen LogP contribution in [0.1, 0.15) is 43.0 Å². The number of aliphatic hydroxyl groups is 1. The van der Waals surface area contributed by atoms with E-state index in [0.29, 0.717) is 30.9 Å². The van der Waals surface area contributed by atoms with E-state index in [-0.39, 0.29) is 11.3 Å². The second-order valence-corrected chi connectivity index (χ2v) is 7.35. The molecule has 1 aromatic rings. The first kappa shape index (κ1) is 17.7. The second kappa shape index (κ2) is 7.00. The number of nitrogens with zero attached hydrogens (tertiary/aromatic N) is 3. The fourth-order valence-electron chi connectivity index (χ4n) is 4.03. The zero-order valence-corrected chi connectivity index (χ0v) is 14.6. The van der Waals surface area contributed by atoms with Crippen molar-refractivity contribution in [3.05, 3.63) is 23.9 Å². The molecule has 1 aromatic heterocycles. The number of piperidine rings is 2. The van der Waals surface area contributed by atoms with Crippen LogP contribution in [0.5, 0.6) is 0 Å². The highest BCUT2D eigenvalue weighted by molar-refractivity contribution is 5.97. The Bertz CT molecular complexity index is 653. The number of aliphatic hydroxyl groups excluding tert-OH is 1. The van der Waals surface area contributed by atoms with Gasteiger partial charge in [-0.15, -0.1) is 0 Å². The molecule has 3 rings (SSSR count). The smallest absolute Gasteiger partial charge is 0.252 e. The third-order valence-electron chi connectivity index (χ3n) is 5.41. The van der Waals surface area contributed by atoms with Crippen molar-refractivity contribution < 1.29 is 14.7 Å². The van der Waals surface area contributed by atoms with E-state index < -0.39 is 12.0 Å². The summed E-state index contributed by atoms with van der Waals surface area (Å²) in [5.74, 6) is 0.321. The van der Waals surface area contributed by atoms with Gasteiger partial charge < -0.3 is 20.6 Å².